The summed E-state index contributed by atoms with van der Waals surface area (Å²) in [5, 5.41) is 1.88. The van der Waals surface area contributed by atoms with Crippen molar-refractivity contribution in [1.82, 2.24) is 4.98 Å². The molecular weight excluding hydrogens is 688 g/mol. The van der Waals surface area contributed by atoms with Crippen LogP contribution in [-0.4, -0.2) is 54.2 Å². The molecule has 0 saturated carbocycles. The van der Waals surface area contributed by atoms with Gasteiger partial charge in [-0.15, -0.1) is 0 Å². The maximum atomic E-state index is 14.0. The Morgan fingerprint density at radius 3 is 2.41 bits per heavy atom. The van der Waals surface area contributed by atoms with Gasteiger partial charge in [0.25, 0.3) is 5.91 Å². The molecule has 3 heterocycles. The highest BCUT2D eigenvalue weighted by Crippen LogP contribution is 2.54. The van der Waals surface area contributed by atoms with Crippen molar-refractivity contribution in [3.05, 3.63) is 98.0 Å². The summed E-state index contributed by atoms with van der Waals surface area (Å²) in [5.41, 5.74) is -0.511. The quantitative estimate of drug-likeness (QED) is 0.171. The second kappa shape index (κ2) is 13.4. The Bertz CT molecular complexity index is 2010. The molecular formula is C33H26F3N3O8S2. The number of ether oxygens (including phenoxy) is 3. The average Bonchev–Trinajstić information content (AvgIpc) is 3.57. The molecule has 3 atom stereocenters. The van der Waals surface area contributed by atoms with Crippen LogP contribution < -0.4 is 24.6 Å². The SMILES string of the molecule is CCOC(=O)c1ccc(NC(=O)COc2ccc(C3c4sc(=O)[nH]c4SC4C(=O)N(c5ccccc5C(F)(F)F)C(=O)C43)cc2OC)cc1. The van der Waals surface area contributed by atoms with Gasteiger partial charge in [0.15, 0.2) is 18.1 Å². The number of rotatable bonds is 9. The third-order valence-corrected chi connectivity index (χ3v) is 10.3. The van der Waals surface area contributed by atoms with E-state index in [1.165, 1.54) is 55.6 Å². The molecule has 4 aromatic rings. The number of alkyl halides is 3. The van der Waals surface area contributed by atoms with Gasteiger partial charge in [-0.3, -0.25) is 19.2 Å². The minimum Gasteiger partial charge on any atom is -0.493 e. The largest absolute Gasteiger partial charge is 0.493 e. The first-order valence-corrected chi connectivity index (χ1v) is 16.4. The molecule has 1 fully saturated rings. The first-order chi connectivity index (χ1) is 23.4. The molecule has 16 heteroatoms. The van der Waals surface area contributed by atoms with Gasteiger partial charge < -0.3 is 24.5 Å². The van der Waals surface area contributed by atoms with Crippen LogP contribution in [0.3, 0.4) is 0 Å². The van der Waals surface area contributed by atoms with Gasteiger partial charge in [-0.1, -0.05) is 41.3 Å². The molecule has 49 heavy (non-hydrogen) atoms. The molecule has 1 saturated heterocycles. The zero-order valence-corrected chi connectivity index (χ0v) is 27.3. The Balaban J connectivity index is 1.25. The zero-order valence-electron chi connectivity index (χ0n) is 25.7. The first-order valence-electron chi connectivity index (χ1n) is 14.7. The van der Waals surface area contributed by atoms with Crippen molar-refractivity contribution in [2.75, 3.05) is 30.5 Å². The molecule has 2 aliphatic heterocycles. The number of hydrogen-bond donors (Lipinski definition) is 2. The highest BCUT2D eigenvalue weighted by atomic mass is 32.2. The number of anilines is 2. The van der Waals surface area contributed by atoms with Crippen LogP contribution in [0.15, 0.2) is 76.6 Å². The molecule has 3 aromatic carbocycles. The minimum absolute atomic E-state index is 0.165. The van der Waals surface area contributed by atoms with Crippen LogP contribution in [0.25, 0.3) is 0 Å². The van der Waals surface area contributed by atoms with Crippen molar-refractivity contribution < 1.29 is 46.6 Å². The van der Waals surface area contributed by atoms with Crippen LogP contribution >= 0.6 is 23.1 Å². The molecule has 0 bridgehead atoms. The Labute approximate surface area is 284 Å². The fourth-order valence-corrected chi connectivity index (χ4v) is 8.28. The number of methoxy groups -OCH3 is 1. The smallest absolute Gasteiger partial charge is 0.418 e. The number of halogens is 3. The minimum atomic E-state index is -4.82. The summed E-state index contributed by atoms with van der Waals surface area (Å²) >= 11 is 1.78. The van der Waals surface area contributed by atoms with Crippen LogP contribution in [-0.2, 0) is 25.3 Å². The number of hydrogen-bond acceptors (Lipinski definition) is 10. The number of imide groups is 1. The Kier molecular flexibility index (Phi) is 9.26. The second-order valence-electron chi connectivity index (χ2n) is 10.8. The van der Waals surface area contributed by atoms with E-state index in [0.717, 1.165) is 35.2 Å². The van der Waals surface area contributed by atoms with Gasteiger partial charge in [0.05, 0.1) is 41.5 Å². The van der Waals surface area contributed by atoms with Gasteiger partial charge in [0.2, 0.25) is 11.8 Å². The summed E-state index contributed by atoms with van der Waals surface area (Å²) in [6.07, 6.45) is -4.82. The molecule has 2 N–H and O–H groups in total. The van der Waals surface area contributed by atoms with Gasteiger partial charge in [-0.05, 0) is 61.0 Å². The van der Waals surface area contributed by atoms with Crippen LogP contribution in [0.1, 0.15) is 39.2 Å². The number of nitrogens with one attached hydrogen (secondary N) is 2. The topological polar surface area (TPSA) is 144 Å². The van der Waals surface area contributed by atoms with Gasteiger partial charge in [0, 0.05) is 16.5 Å². The number of nitrogens with zero attached hydrogens (tertiary/aromatic N) is 1. The normalized spacial score (nSPS) is 18.5. The molecule has 3 unspecified atom stereocenters. The number of thiazole rings is 1. The molecule has 1 aromatic heterocycles. The monoisotopic (exact) mass is 713 g/mol. The molecule has 254 valence electrons. The van der Waals surface area contributed by atoms with Crippen molar-refractivity contribution in [3.63, 3.8) is 0 Å². The molecule has 2 aliphatic rings. The second-order valence-corrected chi connectivity index (χ2v) is 13.0. The van der Waals surface area contributed by atoms with Crippen molar-refractivity contribution in [1.29, 1.82) is 0 Å². The lowest BCUT2D eigenvalue weighted by Crippen LogP contribution is -2.33. The zero-order chi connectivity index (χ0) is 35.0. The fourth-order valence-electron chi connectivity index (χ4n) is 5.76. The van der Waals surface area contributed by atoms with Crippen LogP contribution in [0.4, 0.5) is 24.5 Å². The average molecular weight is 714 g/mol. The summed E-state index contributed by atoms with van der Waals surface area (Å²) in [6, 6.07) is 15.1. The number of fused-ring (bicyclic) bond motifs is 2. The van der Waals surface area contributed by atoms with Crippen LogP contribution in [0.2, 0.25) is 0 Å². The number of benzene rings is 3. The third-order valence-electron chi connectivity index (χ3n) is 7.86. The standard InChI is InChI=1S/C33H26F3N3O8S2/c1-3-46-31(43)16-8-11-18(12-9-16)37-23(40)15-47-21-13-10-17(14-22(21)45-2)24-25-27(48-28-26(24)49-32(44)38-28)30(42)39(29(25)41)20-7-5-4-6-19(20)33(34,35)36/h4-14,24-25,27H,3,15H2,1-2H3,(H,37,40)(H,38,44). The van der Waals surface area contributed by atoms with E-state index in [0.29, 0.717) is 31.6 Å². The Hall–Kier alpha value is -5.09. The van der Waals surface area contributed by atoms with Crippen LogP contribution in [0.5, 0.6) is 11.5 Å². The number of thioether (sulfide) groups is 1. The van der Waals surface area contributed by atoms with E-state index in [4.69, 9.17) is 14.2 Å². The van der Waals surface area contributed by atoms with Gasteiger partial charge in [0.1, 0.15) is 5.25 Å². The number of aromatic nitrogens is 1. The van der Waals surface area contributed by atoms with Gasteiger partial charge in [-0.2, -0.15) is 13.2 Å². The Morgan fingerprint density at radius 1 is 0.980 bits per heavy atom. The number of aromatic amines is 1. The predicted molar refractivity (Wildman–Crippen MR) is 173 cm³/mol. The number of carbonyl (C=O) groups is 4. The highest BCUT2D eigenvalue weighted by Gasteiger charge is 2.57. The third kappa shape index (κ3) is 6.53. The van der Waals surface area contributed by atoms with E-state index in [9.17, 15) is 37.1 Å². The van der Waals surface area contributed by atoms with Crippen molar-refractivity contribution in [2.24, 2.45) is 5.92 Å². The van der Waals surface area contributed by atoms with E-state index in [1.807, 2.05) is 0 Å². The first kappa shape index (κ1) is 33.8. The summed E-state index contributed by atoms with van der Waals surface area (Å²) in [5.74, 6) is -4.37. The molecule has 0 aliphatic carbocycles. The Morgan fingerprint density at radius 2 is 1.71 bits per heavy atom. The van der Waals surface area contributed by atoms with Crippen molar-refractivity contribution in [3.8, 4) is 11.5 Å². The molecule has 6 rings (SSSR count). The predicted octanol–water partition coefficient (Wildman–Crippen LogP) is 5.45. The van der Waals surface area contributed by atoms with Crippen molar-refractivity contribution >= 4 is 58.2 Å². The van der Waals surface area contributed by atoms with Gasteiger partial charge >= 0.3 is 17.0 Å². The van der Waals surface area contributed by atoms with Gasteiger partial charge in [-0.25, -0.2) is 9.69 Å². The van der Waals surface area contributed by atoms with E-state index in [-0.39, 0.29) is 18.1 Å². The highest BCUT2D eigenvalue weighted by molar-refractivity contribution is 8.00. The number of para-hydroxylation sites is 1. The lowest BCUT2D eigenvalue weighted by atomic mass is 9.83. The summed E-state index contributed by atoms with van der Waals surface area (Å²) in [4.78, 5) is 67.9. The summed E-state index contributed by atoms with van der Waals surface area (Å²) in [7, 11) is 1.36. The summed E-state index contributed by atoms with van der Waals surface area (Å²) < 4.78 is 58.0. The fraction of sp³-hybridized carbons (Fsp3) is 0.242. The maximum absolute atomic E-state index is 14.0. The van der Waals surface area contributed by atoms with E-state index >= 15 is 0 Å². The maximum Gasteiger partial charge on any atom is 0.418 e. The van der Waals surface area contributed by atoms with Crippen molar-refractivity contribution in [2.45, 2.75) is 29.3 Å². The van der Waals surface area contributed by atoms with Crippen LogP contribution in [0, 0.1) is 5.92 Å². The number of carbonyl (C=O) groups excluding carboxylic acids is 4. The molecule has 3 amide bonds. The lowest BCUT2D eigenvalue weighted by molar-refractivity contribution is -0.137. The van der Waals surface area contributed by atoms with E-state index in [2.05, 4.69) is 10.3 Å². The summed E-state index contributed by atoms with van der Waals surface area (Å²) in [6.45, 7) is 1.49. The lowest BCUT2D eigenvalue weighted by Gasteiger charge is -2.30. The number of H-pyrrole nitrogens is 1. The van der Waals surface area contributed by atoms with E-state index < -0.39 is 69.7 Å². The molecule has 0 radical (unpaired) electrons. The number of esters is 1. The number of amides is 3. The van der Waals surface area contributed by atoms with E-state index in [1.54, 1.807) is 13.0 Å². The molecule has 11 nitrogen and oxygen atoms in total. The molecule has 0 spiro atoms.